The second-order valence-electron chi connectivity index (χ2n) is 6.24. The number of hydrogen-bond acceptors (Lipinski definition) is 4. The highest BCUT2D eigenvalue weighted by molar-refractivity contribution is 5.91. The van der Waals surface area contributed by atoms with Crippen LogP contribution in [0.4, 0.5) is 5.69 Å². The second kappa shape index (κ2) is 8.72. The molecule has 2 aromatic rings. The van der Waals surface area contributed by atoms with Gasteiger partial charge in [-0.25, -0.2) is 0 Å². The molecule has 1 amide bonds. The topological polar surface area (TPSA) is 59.0 Å². The molecule has 0 bridgehead atoms. The van der Waals surface area contributed by atoms with Gasteiger partial charge in [-0.3, -0.25) is 10.0 Å². The van der Waals surface area contributed by atoms with Gasteiger partial charge in [0, 0.05) is 6.42 Å². The molecule has 140 valence electrons. The molecule has 0 aliphatic carbocycles. The molecular weight excluding hydrogens is 330 g/mol. The molecule has 0 aromatic heterocycles. The number of carbonyl (C=O) groups excluding carboxylic acids is 1. The molecule has 26 heavy (non-hydrogen) atoms. The quantitative estimate of drug-likeness (QED) is 0.575. The number of carbonyl (C=O) groups is 1. The molecule has 0 atom stereocenters. The molecule has 0 saturated heterocycles. The van der Waals surface area contributed by atoms with E-state index in [1.54, 1.807) is 19.1 Å². The lowest BCUT2D eigenvalue weighted by atomic mass is 10.1. The summed E-state index contributed by atoms with van der Waals surface area (Å²) in [5, 5.41) is 10.9. The molecule has 5 nitrogen and oxygen atoms in total. The van der Waals surface area contributed by atoms with Gasteiger partial charge < -0.3 is 9.47 Å². The summed E-state index contributed by atoms with van der Waals surface area (Å²) in [5.41, 5.74) is 4.41. The smallest absolute Gasteiger partial charge is 0.250 e. The van der Waals surface area contributed by atoms with Crippen LogP contribution in [-0.2, 0) is 11.4 Å². The summed E-state index contributed by atoms with van der Waals surface area (Å²) in [6, 6.07) is 9.32. The van der Waals surface area contributed by atoms with Crippen molar-refractivity contribution in [3.05, 3.63) is 52.6 Å². The van der Waals surface area contributed by atoms with Gasteiger partial charge in [0.2, 0.25) is 5.91 Å². The zero-order valence-electron chi connectivity index (χ0n) is 16.1. The van der Waals surface area contributed by atoms with E-state index in [-0.39, 0.29) is 18.9 Å². The van der Waals surface area contributed by atoms with Crippen LogP contribution in [0.15, 0.2) is 30.3 Å². The molecule has 0 aliphatic rings. The summed E-state index contributed by atoms with van der Waals surface area (Å²) in [7, 11) is 0. The van der Waals surface area contributed by atoms with Gasteiger partial charge in [0.25, 0.3) is 0 Å². The Hall–Kier alpha value is -2.53. The first-order valence-corrected chi connectivity index (χ1v) is 8.86. The Morgan fingerprint density at radius 1 is 1.00 bits per heavy atom. The maximum atomic E-state index is 11.9. The van der Waals surface area contributed by atoms with E-state index in [0.29, 0.717) is 28.7 Å². The molecule has 0 heterocycles. The van der Waals surface area contributed by atoms with E-state index >= 15 is 0 Å². The van der Waals surface area contributed by atoms with Gasteiger partial charge in [-0.2, -0.15) is 5.06 Å². The van der Waals surface area contributed by atoms with E-state index < -0.39 is 0 Å². The van der Waals surface area contributed by atoms with E-state index in [0.717, 1.165) is 16.9 Å². The normalized spacial score (nSPS) is 10.5. The van der Waals surface area contributed by atoms with Crippen LogP contribution >= 0.6 is 0 Å². The van der Waals surface area contributed by atoms with Crippen molar-refractivity contribution in [3.63, 3.8) is 0 Å². The molecule has 0 fully saturated rings. The van der Waals surface area contributed by atoms with Gasteiger partial charge in [0.15, 0.2) is 0 Å². The molecular formula is C21H27NO4. The van der Waals surface area contributed by atoms with E-state index in [4.69, 9.17) is 9.47 Å². The summed E-state index contributed by atoms with van der Waals surface area (Å²) in [5.74, 6) is 0.980. The number of amides is 1. The number of anilines is 1. The maximum Gasteiger partial charge on any atom is 0.250 e. The fourth-order valence-electron chi connectivity index (χ4n) is 2.71. The summed E-state index contributed by atoms with van der Waals surface area (Å²) < 4.78 is 11.7. The zero-order chi connectivity index (χ0) is 19.3. The molecule has 0 spiro atoms. The summed E-state index contributed by atoms with van der Waals surface area (Å²) in [6.07, 6.45) is 0.200. The van der Waals surface area contributed by atoms with Crippen LogP contribution in [-0.4, -0.2) is 17.7 Å². The fourth-order valence-corrected chi connectivity index (χ4v) is 2.71. The monoisotopic (exact) mass is 357 g/mol. The molecule has 1 N–H and O–H groups in total. The molecule has 0 saturated carbocycles. The third-order valence-electron chi connectivity index (χ3n) is 4.34. The van der Waals surface area contributed by atoms with E-state index in [1.807, 2.05) is 32.9 Å². The van der Waals surface area contributed by atoms with Crippen molar-refractivity contribution >= 4 is 11.6 Å². The summed E-state index contributed by atoms with van der Waals surface area (Å²) in [6.45, 7) is 10.3. The van der Waals surface area contributed by atoms with Crippen molar-refractivity contribution in [1.82, 2.24) is 0 Å². The van der Waals surface area contributed by atoms with Crippen LogP contribution in [0, 0.1) is 20.8 Å². The Balaban J connectivity index is 2.37. The van der Waals surface area contributed by atoms with Crippen LogP contribution in [0.3, 0.4) is 0 Å². The minimum absolute atomic E-state index is 0.183. The SMILES string of the molecule is CCOc1cccc(N(O)C(=O)CC)c1COc1cc(C)c(C)cc1C. The van der Waals surface area contributed by atoms with Crippen molar-refractivity contribution in [2.45, 2.75) is 47.6 Å². The van der Waals surface area contributed by atoms with Crippen molar-refractivity contribution in [2.75, 3.05) is 11.7 Å². The largest absolute Gasteiger partial charge is 0.493 e. The van der Waals surface area contributed by atoms with Crippen molar-refractivity contribution in [2.24, 2.45) is 0 Å². The molecule has 0 radical (unpaired) electrons. The highest BCUT2D eigenvalue weighted by Gasteiger charge is 2.19. The van der Waals surface area contributed by atoms with E-state index in [9.17, 15) is 10.0 Å². The first kappa shape index (κ1) is 19.8. The van der Waals surface area contributed by atoms with Crippen LogP contribution < -0.4 is 14.5 Å². The molecule has 0 unspecified atom stereocenters. The number of rotatable bonds is 7. The van der Waals surface area contributed by atoms with Gasteiger partial charge in [0.1, 0.15) is 18.1 Å². The highest BCUT2D eigenvalue weighted by atomic mass is 16.5. The lowest BCUT2D eigenvalue weighted by Gasteiger charge is -2.21. The Labute approximate surface area is 155 Å². The molecule has 0 aliphatic heterocycles. The fraction of sp³-hybridized carbons (Fsp3) is 0.381. The Morgan fingerprint density at radius 2 is 1.69 bits per heavy atom. The van der Waals surface area contributed by atoms with Crippen LogP contribution in [0.5, 0.6) is 11.5 Å². The molecule has 2 aromatic carbocycles. The average Bonchev–Trinajstić information content (AvgIpc) is 2.63. The van der Waals surface area contributed by atoms with E-state index in [2.05, 4.69) is 13.0 Å². The highest BCUT2D eigenvalue weighted by Crippen LogP contribution is 2.32. The van der Waals surface area contributed by atoms with Gasteiger partial charge in [-0.15, -0.1) is 0 Å². The number of hydrogen-bond donors (Lipinski definition) is 1. The number of ether oxygens (including phenoxy) is 2. The average molecular weight is 357 g/mol. The Morgan fingerprint density at radius 3 is 2.35 bits per heavy atom. The second-order valence-corrected chi connectivity index (χ2v) is 6.24. The van der Waals surface area contributed by atoms with Crippen LogP contribution in [0.25, 0.3) is 0 Å². The lowest BCUT2D eigenvalue weighted by Crippen LogP contribution is -2.27. The number of hydroxylamine groups is 1. The Kier molecular flexibility index (Phi) is 6.64. The number of nitrogens with zero attached hydrogens (tertiary/aromatic N) is 1. The molecule has 2 rings (SSSR count). The molecule has 5 heteroatoms. The van der Waals surface area contributed by atoms with E-state index in [1.165, 1.54) is 5.56 Å². The minimum Gasteiger partial charge on any atom is -0.493 e. The predicted octanol–water partition coefficient (Wildman–Crippen LogP) is 4.72. The van der Waals surface area contributed by atoms with Crippen molar-refractivity contribution in [1.29, 1.82) is 0 Å². The van der Waals surface area contributed by atoms with Gasteiger partial charge >= 0.3 is 0 Å². The predicted molar refractivity (Wildman–Crippen MR) is 102 cm³/mol. The maximum absolute atomic E-state index is 11.9. The third-order valence-corrected chi connectivity index (χ3v) is 4.34. The van der Waals surface area contributed by atoms with Gasteiger partial charge in [-0.05, 0) is 62.6 Å². The number of aryl methyl sites for hydroxylation is 3. The summed E-state index contributed by atoms with van der Waals surface area (Å²) in [4.78, 5) is 11.9. The van der Waals surface area contributed by atoms with Gasteiger partial charge in [0.05, 0.1) is 17.9 Å². The Bertz CT molecular complexity index is 786. The van der Waals surface area contributed by atoms with Crippen molar-refractivity contribution < 1.29 is 19.5 Å². The lowest BCUT2D eigenvalue weighted by molar-refractivity contribution is -0.123. The summed E-state index contributed by atoms with van der Waals surface area (Å²) >= 11 is 0. The number of benzene rings is 2. The standard InChI is InChI=1S/C21H27NO4/c1-6-21(23)22(24)18-9-8-10-19(25-7-2)17(18)13-26-20-12-15(4)14(3)11-16(20)5/h8-12,24H,6-7,13H2,1-5H3. The van der Waals surface area contributed by atoms with Crippen LogP contribution in [0.1, 0.15) is 42.5 Å². The van der Waals surface area contributed by atoms with Gasteiger partial charge in [-0.1, -0.05) is 19.1 Å². The van der Waals surface area contributed by atoms with Crippen LogP contribution in [0.2, 0.25) is 0 Å². The third kappa shape index (κ3) is 4.35. The van der Waals surface area contributed by atoms with Crippen molar-refractivity contribution in [3.8, 4) is 11.5 Å². The first-order valence-electron chi connectivity index (χ1n) is 8.86. The first-order chi connectivity index (χ1) is 12.4. The minimum atomic E-state index is -0.387. The zero-order valence-corrected chi connectivity index (χ0v) is 16.1.